The van der Waals surface area contributed by atoms with Gasteiger partial charge in [-0.25, -0.2) is 0 Å². The largest absolute Gasteiger partial charge is 0.508 e. The summed E-state index contributed by atoms with van der Waals surface area (Å²) in [6.07, 6.45) is 11.8. The number of aromatic hydroxyl groups is 2. The normalized spacial score (nSPS) is 15.1. The van der Waals surface area contributed by atoms with E-state index < -0.39 is 0 Å². The summed E-state index contributed by atoms with van der Waals surface area (Å²) in [7, 11) is 2.16. The Morgan fingerprint density at radius 1 is 0.850 bits per heavy atom. The molecule has 0 radical (unpaired) electrons. The molecule has 0 amide bonds. The van der Waals surface area contributed by atoms with E-state index in [-0.39, 0.29) is 24.3 Å². The maximum absolute atomic E-state index is 12.1. The molecule has 0 fully saturated rings. The Bertz CT molecular complexity index is 1300. The fourth-order valence-corrected chi connectivity index (χ4v) is 5.32. The second-order valence-electron chi connectivity index (χ2n) is 10.8. The van der Waals surface area contributed by atoms with Crippen molar-refractivity contribution in [1.82, 2.24) is 4.90 Å². The number of fused-ring (bicyclic) bond motifs is 1. The molecule has 0 spiro atoms. The Morgan fingerprint density at radius 3 is 2.27 bits per heavy atom. The third kappa shape index (κ3) is 7.98. The highest BCUT2D eigenvalue weighted by Crippen LogP contribution is 2.47. The Hall–Kier alpha value is -3.57. The summed E-state index contributed by atoms with van der Waals surface area (Å²) < 4.78 is 18.6. The number of unbranched alkanes of at least 4 members (excludes halogenated alkanes) is 6. The smallest absolute Gasteiger partial charge is 0.150 e. The zero-order valence-electron chi connectivity index (χ0n) is 23.8. The first-order valence-corrected chi connectivity index (χ1v) is 14.5. The minimum atomic E-state index is -0.341. The first kappa shape index (κ1) is 29.4. The summed E-state index contributed by atoms with van der Waals surface area (Å²) in [6.45, 7) is 3.83. The van der Waals surface area contributed by atoms with E-state index in [1.165, 1.54) is 25.7 Å². The fraction of sp³-hybridized carbons (Fsp3) is 0.371. The molecule has 2 N–H and O–H groups in total. The number of nitrogens with zero attached hydrogens (tertiary/aromatic N) is 1. The first-order valence-electron chi connectivity index (χ1n) is 14.5. The van der Waals surface area contributed by atoms with Gasteiger partial charge in [0.05, 0.1) is 6.67 Å². The van der Waals surface area contributed by atoms with Gasteiger partial charge in [0, 0.05) is 17.7 Å². The molecule has 0 aromatic heterocycles. The van der Waals surface area contributed by atoms with Crippen LogP contribution in [-0.2, 0) is 0 Å². The van der Waals surface area contributed by atoms with Gasteiger partial charge in [-0.05, 0) is 86.0 Å². The number of phenolic OH excluding ortho intramolecular Hbond substituents is 2. The summed E-state index contributed by atoms with van der Waals surface area (Å²) in [6, 6.07) is 20.8. The predicted octanol–water partition coefficient (Wildman–Crippen LogP) is 8.81. The molecule has 0 saturated carbocycles. The summed E-state index contributed by atoms with van der Waals surface area (Å²) in [4.78, 5) is 2.34. The van der Waals surface area contributed by atoms with E-state index in [0.29, 0.717) is 6.42 Å². The van der Waals surface area contributed by atoms with Crippen molar-refractivity contribution in [2.45, 2.75) is 58.0 Å². The van der Waals surface area contributed by atoms with E-state index in [0.717, 1.165) is 65.1 Å². The molecule has 4 rings (SSSR count). The average Bonchev–Trinajstić information content (AvgIpc) is 2.95. The molecule has 5 heteroatoms. The minimum Gasteiger partial charge on any atom is -0.508 e. The van der Waals surface area contributed by atoms with Crippen LogP contribution in [0.5, 0.6) is 17.2 Å². The van der Waals surface area contributed by atoms with Crippen molar-refractivity contribution in [3.05, 3.63) is 95.1 Å². The zero-order chi connectivity index (χ0) is 28.3. The van der Waals surface area contributed by atoms with Crippen molar-refractivity contribution >= 4 is 17.2 Å². The van der Waals surface area contributed by atoms with Gasteiger partial charge in [0.2, 0.25) is 0 Å². The number of allylic oxidation sites excluding steroid dienone is 1. The van der Waals surface area contributed by atoms with E-state index in [9.17, 15) is 14.6 Å². The molecule has 0 saturated heterocycles. The predicted molar refractivity (Wildman–Crippen MR) is 163 cm³/mol. The molecular formula is C35H42FNO3. The summed E-state index contributed by atoms with van der Waals surface area (Å²) in [5, 5.41) is 20.3. The number of likely N-dealkylation sites (N-methyl/N-ethyl adjacent to an activating group) is 1. The van der Waals surface area contributed by atoms with Crippen LogP contribution in [0.2, 0.25) is 0 Å². The van der Waals surface area contributed by atoms with Crippen molar-refractivity contribution in [3.8, 4) is 17.2 Å². The highest BCUT2D eigenvalue weighted by molar-refractivity contribution is 5.95. The van der Waals surface area contributed by atoms with Gasteiger partial charge >= 0.3 is 0 Å². The molecular weight excluding hydrogens is 501 g/mol. The van der Waals surface area contributed by atoms with Gasteiger partial charge in [-0.15, -0.1) is 0 Å². The lowest BCUT2D eigenvalue weighted by molar-refractivity contribution is 0.259. The Balaban J connectivity index is 1.38. The second kappa shape index (κ2) is 14.7. The molecule has 1 atom stereocenters. The molecule has 3 aromatic carbocycles. The molecule has 3 aromatic rings. The van der Waals surface area contributed by atoms with Crippen molar-refractivity contribution in [1.29, 1.82) is 0 Å². The van der Waals surface area contributed by atoms with E-state index in [1.54, 1.807) is 24.3 Å². The number of ether oxygens (including phenoxy) is 1. The topological polar surface area (TPSA) is 52.9 Å². The lowest BCUT2D eigenvalue weighted by atomic mass is 9.86. The molecule has 1 aliphatic rings. The third-order valence-electron chi connectivity index (χ3n) is 7.58. The molecule has 212 valence electrons. The van der Waals surface area contributed by atoms with Crippen LogP contribution in [0.15, 0.2) is 72.8 Å². The molecule has 4 nitrogen and oxygen atoms in total. The van der Waals surface area contributed by atoms with Crippen molar-refractivity contribution < 1.29 is 19.3 Å². The van der Waals surface area contributed by atoms with Crippen LogP contribution in [0.1, 0.15) is 80.2 Å². The Morgan fingerprint density at radius 2 is 1.55 bits per heavy atom. The number of alkyl halides is 1. The Kier molecular flexibility index (Phi) is 10.8. The number of halogens is 1. The lowest BCUT2D eigenvalue weighted by Gasteiger charge is -2.31. The number of rotatable bonds is 14. The molecule has 1 unspecified atom stereocenters. The maximum atomic E-state index is 12.1. The zero-order valence-corrected chi connectivity index (χ0v) is 23.8. The monoisotopic (exact) mass is 543 g/mol. The van der Waals surface area contributed by atoms with E-state index in [2.05, 4.69) is 48.4 Å². The molecule has 1 heterocycles. The van der Waals surface area contributed by atoms with E-state index >= 15 is 0 Å². The van der Waals surface area contributed by atoms with Gasteiger partial charge in [0.1, 0.15) is 23.4 Å². The van der Waals surface area contributed by atoms with Gasteiger partial charge in [0.25, 0.3) is 0 Å². The van der Waals surface area contributed by atoms with Gasteiger partial charge in [-0.2, -0.15) is 0 Å². The minimum absolute atomic E-state index is 0.183. The highest BCUT2D eigenvalue weighted by Gasteiger charge is 2.29. The maximum Gasteiger partial charge on any atom is 0.150 e. The van der Waals surface area contributed by atoms with Gasteiger partial charge in [0.15, 0.2) is 0 Å². The average molecular weight is 544 g/mol. The molecule has 0 aliphatic carbocycles. The van der Waals surface area contributed by atoms with Gasteiger partial charge in [-0.1, -0.05) is 80.7 Å². The van der Waals surface area contributed by atoms with Crippen LogP contribution in [0.3, 0.4) is 0 Å². The standard InChI is InChI=1S/C35H42FNO3/c1-26-32-25-31(39)19-20-33(32)40-35(34(26)29-13-10-14-30(38)24-29)28-17-15-27(16-18-28)12-11-23-37(2)22-9-7-5-3-4-6-8-21-36/h10-20,24-25,35,38-39H,3-9,21-23H2,1-2H3/b12-11+. The Labute approximate surface area is 238 Å². The van der Waals surface area contributed by atoms with Crippen LogP contribution in [-0.4, -0.2) is 41.9 Å². The first-order chi connectivity index (χ1) is 19.5. The lowest BCUT2D eigenvalue weighted by Crippen LogP contribution is -2.19. The number of hydrogen-bond donors (Lipinski definition) is 2. The van der Waals surface area contributed by atoms with E-state index in [4.69, 9.17) is 4.74 Å². The van der Waals surface area contributed by atoms with Gasteiger partial charge < -0.3 is 19.8 Å². The summed E-state index contributed by atoms with van der Waals surface area (Å²) in [5.74, 6) is 1.13. The molecule has 1 aliphatic heterocycles. The van der Waals surface area contributed by atoms with Crippen molar-refractivity contribution in [2.24, 2.45) is 0 Å². The quantitative estimate of drug-likeness (QED) is 0.200. The third-order valence-corrected chi connectivity index (χ3v) is 7.58. The summed E-state index contributed by atoms with van der Waals surface area (Å²) >= 11 is 0. The molecule has 40 heavy (non-hydrogen) atoms. The van der Waals surface area contributed by atoms with Gasteiger partial charge in [-0.3, -0.25) is 4.39 Å². The second-order valence-corrected chi connectivity index (χ2v) is 10.8. The van der Waals surface area contributed by atoms with Crippen molar-refractivity contribution in [2.75, 3.05) is 26.8 Å². The fourth-order valence-electron chi connectivity index (χ4n) is 5.32. The number of phenols is 2. The van der Waals surface area contributed by atoms with Crippen LogP contribution < -0.4 is 4.74 Å². The highest BCUT2D eigenvalue weighted by atomic mass is 19.1. The number of benzene rings is 3. The van der Waals surface area contributed by atoms with Crippen LogP contribution in [0, 0.1) is 0 Å². The summed E-state index contributed by atoms with van der Waals surface area (Å²) in [5.41, 5.74) is 5.88. The SMILES string of the molecule is CC1=C(c2cccc(O)c2)C(c2ccc(/C=C/CN(C)CCCCCCCCCF)cc2)Oc2ccc(O)cc21. The number of hydrogen-bond acceptors (Lipinski definition) is 4. The van der Waals surface area contributed by atoms with Crippen LogP contribution in [0.4, 0.5) is 4.39 Å². The van der Waals surface area contributed by atoms with Crippen LogP contribution in [0.25, 0.3) is 17.2 Å². The molecule has 0 bridgehead atoms. The van der Waals surface area contributed by atoms with E-state index in [1.807, 2.05) is 25.1 Å². The van der Waals surface area contributed by atoms with Crippen LogP contribution >= 0.6 is 0 Å². The van der Waals surface area contributed by atoms with Crippen molar-refractivity contribution in [3.63, 3.8) is 0 Å².